The topological polar surface area (TPSA) is 62.2 Å². The molecule has 0 saturated heterocycles. The number of aromatic nitrogens is 1. The first-order valence-electron chi connectivity index (χ1n) is 7.54. The average molecular weight is 326 g/mol. The van der Waals surface area contributed by atoms with Crippen molar-refractivity contribution in [3.63, 3.8) is 0 Å². The number of aliphatic hydroxyl groups excluding tert-OH is 1. The molecule has 0 aliphatic heterocycles. The van der Waals surface area contributed by atoms with Gasteiger partial charge in [0.25, 0.3) is 0 Å². The van der Waals surface area contributed by atoms with Crippen molar-refractivity contribution in [2.45, 2.75) is 18.9 Å². The minimum absolute atomic E-state index is 0.0537. The summed E-state index contributed by atoms with van der Waals surface area (Å²) in [6.45, 7) is 0.238. The second-order valence-electron chi connectivity index (χ2n) is 5.36. The first kappa shape index (κ1) is 15.6. The molecule has 0 radical (unpaired) electrons. The molecule has 2 aromatic heterocycles. The van der Waals surface area contributed by atoms with E-state index in [1.807, 2.05) is 42.5 Å². The summed E-state index contributed by atoms with van der Waals surface area (Å²) in [6, 6.07) is 13.8. The number of fused-ring (bicyclic) bond motifs is 1. The summed E-state index contributed by atoms with van der Waals surface area (Å²) in [5.74, 6) is -0.0537. The number of rotatable bonds is 6. The molecule has 3 rings (SSSR count). The molecule has 0 aliphatic rings. The maximum absolute atomic E-state index is 11.9. The third-order valence-corrected chi connectivity index (χ3v) is 4.87. The number of pyridine rings is 1. The van der Waals surface area contributed by atoms with Crippen molar-refractivity contribution in [1.29, 1.82) is 0 Å². The largest absolute Gasteiger partial charge is 0.386 e. The Morgan fingerprint density at radius 2 is 2.00 bits per heavy atom. The number of nitrogens with zero attached hydrogens (tertiary/aromatic N) is 1. The van der Waals surface area contributed by atoms with E-state index in [1.54, 1.807) is 23.7 Å². The van der Waals surface area contributed by atoms with Gasteiger partial charge in [-0.15, -0.1) is 11.3 Å². The summed E-state index contributed by atoms with van der Waals surface area (Å²) < 4.78 is 1.14. The monoisotopic (exact) mass is 326 g/mol. The summed E-state index contributed by atoms with van der Waals surface area (Å²) in [6.07, 6.45) is 3.85. The van der Waals surface area contributed by atoms with E-state index in [2.05, 4.69) is 10.3 Å². The SMILES string of the molecule is O=C(CCc1ccncc1)NCC(O)c1cc2ccccc2s1. The van der Waals surface area contributed by atoms with Gasteiger partial charge in [-0.1, -0.05) is 18.2 Å². The average Bonchev–Trinajstić information content (AvgIpc) is 3.03. The van der Waals surface area contributed by atoms with Gasteiger partial charge in [0.2, 0.25) is 5.91 Å². The van der Waals surface area contributed by atoms with Gasteiger partial charge in [0, 0.05) is 34.9 Å². The molecule has 1 unspecified atom stereocenters. The standard InChI is InChI=1S/C18H18N2O2S/c21-15(17-11-14-3-1-2-4-16(14)23-17)12-20-18(22)6-5-13-7-9-19-10-8-13/h1-4,7-11,15,21H,5-6,12H2,(H,20,22). The van der Waals surface area contributed by atoms with Crippen LogP contribution in [0.3, 0.4) is 0 Å². The molecule has 23 heavy (non-hydrogen) atoms. The van der Waals surface area contributed by atoms with Gasteiger partial charge >= 0.3 is 0 Å². The van der Waals surface area contributed by atoms with E-state index in [1.165, 1.54) is 0 Å². The van der Waals surface area contributed by atoms with Gasteiger partial charge in [-0.2, -0.15) is 0 Å². The minimum atomic E-state index is -0.669. The van der Waals surface area contributed by atoms with Crippen molar-refractivity contribution in [3.8, 4) is 0 Å². The maximum atomic E-state index is 11.9. The second-order valence-corrected chi connectivity index (χ2v) is 6.48. The Balaban J connectivity index is 1.50. The number of hydrogen-bond acceptors (Lipinski definition) is 4. The molecule has 2 heterocycles. The highest BCUT2D eigenvalue weighted by atomic mass is 32.1. The van der Waals surface area contributed by atoms with Crippen molar-refractivity contribution in [1.82, 2.24) is 10.3 Å². The lowest BCUT2D eigenvalue weighted by Crippen LogP contribution is -2.28. The number of amides is 1. The molecule has 0 fully saturated rings. The third kappa shape index (κ3) is 4.15. The van der Waals surface area contributed by atoms with Crippen LogP contribution in [0, 0.1) is 0 Å². The van der Waals surface area contributed by atoms with Crippen LogP contribution < -0.4 is 5.32 Å². The van der Waals surface area contributed by atoms with Crippen LogP contribution in [0.5, 0.6) is 0 Å². The van der Waals surface area contributed by atoms with E-state index in [4.69, 9.17) is 0 Å². The number of hydrogen-bond donors (Lipinski definition) is 2. The van der Waals surface area contributed by atoms with Crippen LogP contribution in [0.1, 0.15) is 23.0 Å². The van der Waals surface area contributed by atoms with Crippen LogP contribution in [-0.4, -0.2) is 22.5 Å². The number of carbonyl (C=O) groups is 1. The molecule has 0 spiro atoms. The number of aliphatic hydroxyl groups is 1. The van der Waals surface area contributed by atoms with E-state index in [9.17, 15) is 9.90 Å². The zero-order valence-electron chi connectivity index (χ0n) is 12.6. The third-order valence-electron chi connectivity index (χ3n) is 3.66. The number of carbonyl (C=O) groups excluding carboxylic acids is 1. The van der Waals surface area contributed by atoms with Crippen molar-refractivity contribution in [3.05, 3.63) is 65.3 Å². The van der Waals surface area contributed by atoms with E-state index in [0.717, 1.165) is 20.5 Å². The van der Waals surface area contributed by atoms with Gasteiger partial charge in [-0.05, 0) is 41.6 Å². The summed E-state index contributed by atoms with van der Waals surface area (Å²) in [5.41, 5.74) is 1.08. The summed E-state index contributed by atoms with van der Waals surface area (Å²) in [7, 11) is 0. The smallest absolute Gasteiger partial charge is 0.220 e. The first-order chi connectivity index (χ1) is 11.2. The Morgan fingerprint density at radius 3 is 2.78 bits per heavy atom. The molecule has 0 saturated carbocycles. The Labute approximate surface area is 138 Å². The lowest BCUT2D eigenvalue weighted by Gasteiger charge is -2.10. The van der Waals surface area contributed by atoms with E-state index in [0.29, 0.717) is 12.8 Å². The van der Waals surface area contributed by atoms with Crippen LogP contribution in [0.2, 0.25) is 0 Å². The fourth-order valence-electron chi connectivity index (χ4n) is 2.37. The highest BCUT2D eigenvalue weighted by molar-refractivity contribution is 7.19. The molecule has 1 amide bonds. The molecule has 1 aromatic carbocycles. The zero-order valence-corrected chi connectivity index (χ0v) is 13.4. The number of thiophene rings is 1. The van der Waals surface area contributed by atoms with Crippen LogP contribution in [0.25, 0.3) is 10.1 Å². The molecule has 118 valence electrons. The zero-order chi connectivity index (χ0) is 16.1. The fraction of sp³-hybridized carbons (Fsp3) is 0.222. The minimum Gasteiger partial charge on any atom is -0.386 e. The lowest BCUT2D eigenvalue weighted by molar-refractivity contribution is -0.121. The Morgan fingerprint density at radius 1 is 1.22 bits per heavy atom. The van der Waals surface area contributed by atoms with E-state index < -0.39 is 6.10 Å². The molecule has 3 aromatic rings. The predicted octanol–water partition coefficient (Wildman–Crippen LogP) is 3.08. The van der Waals surface area contributed by atoms with Crippen molar-refractivity contribution < 1.29 is 9.90 Å². The molecular weight excluding hydrogens is 308 g/mol. The van der Waals surface area contributed by atoms with E-state index in [-0.39, 0.29) is 12.5 Å². The highest BCUT2D eigenvalue weighted by Gasteiger charge is 2.12. The highest BCUT2D eigenvalue weighted by Crippen LogP contribution is 2.29. The Hall–Kier alpha value is -2.24. The molecule has 4 nitrogen and oxygen atoms in total. The summed E-state index contributed by atoms with van der Waals surface area (Å²) >= 11 is 1.56. The number of aryl methyl sites for hydroxylation is 1. The Bertz CT molecular complexity index is 753. The number of benzene rings is 1. The number of nitrogens with one attached hydrogen (secondary N) is 1. The molecule has 5 heteroatoms. The first-order valence-corrected chi connectivity index (χ1v) is 8.36. The summed E-state index contributed by atoms with van der Waals surface area (Å²) in [5, 5.41) is 14.2. The Kier molecular flexibility index (Phi) is 5.00. The van der Waals surface area contributed by atoms with Gasteiger partial charge < -0.3 is 10.4 Å². The predicted molar refractivity (Wildman–Crippen MR) is 92.4 cm³/mol. The molecule has 0 aliphatic carbocycles. The van der Waals surface area contributed by atoms with Crippen molar-refractivity contribution in [2.75, 3.05) is 6.54 Å². The van der Waals surface area contributed by atoms with Gasteiger partial charge in [-0.3, -0.25) is 9.78 Å². The van der Waals surface area contributed by atoms with Gasteiger partial charge in [0.15, 0.2) is 0 Å². The quantitative estimate of drug-likeness (QED) is 0.732. The normalized spacial score (nSPS) is 12.2. The van der Waals surface area contributed by atoms with Crippen LogP contribution in [0.15, 0.2) is 54.9 Å². The maximum Gasteiger partial charge on any atom is 0.220 e. The molecular formula is C18H18N2O2S. The van der Waals surface area contributed by atoms with Crippen molar-refractivity contribution in [2.24, 2.45) is 0 Å². The second kappa shape index (κ2) is 7.35. The fourth-order valence-corrected chi connectivity index (χ4v) is 3.42. The van der Waals surface area contributed by atoms with E-state index >= 15 is 0 Å². The van der Waals surface area contributed by atoms with Gasteiger partial charge in [0.05, 0.1) is 0 Å². The molecule has 0 bridgehead atoms. The lowest BCUT2D eigenvalue weighted by atomic mass is 10.1. The van der Waals surface area contributed by atoms with Gasteiger partial charge in [0.1, 0.15) is 6.10 Å². The van der Waals surface area contributed by atoms with Crippen LogP contribution in [0.4, 0.5) is 0 Å². The van der Waals surface area contributed by atoms with Crippen LogP contribution >= 0.6 is 11.3 Å². The van der Waals surface area contributed by atoms with Crippen LogP contribution in [-0.2, 0) is 11.2 Å². The van der Waals surface area contributed by atoms with Crippen molar-refractivity contribution >= 4 is 27.3 Å². The molecule has 2 N–H and O–H groups in total. The summed E-state index contributed by atoms with van der Waals surface area (Å²) in [4.78, 5) is 16.7. The molecule has 1 atom stereocenters. The van der Waals surface area contributed by atoms with Gasteiger partial charge in [-0.25, -0.2) is 0 Å².